The molecule has 1 aliphatic rings. The number of rotatable bonds is 6. The molecule has 0 spiro atoms. The van der Waals surface area contributed by atoms with Gasteiger partial charge in [-0.2, -0.15) is 13.2 Å². The van der Waals surface area contributed by atoms with E-state index >= 15 is 0 Å². The molecule has 0 aromatic carbocycles. The molecule has 1 aliphatic heterocycles. The second kappa shape index (κ2) is 10.1. The lowest BCUT2D eigenvalue weighted by Crippen LogP contribution is -2.47. The molecule has 2 heterocycles. The maximum absolute atomic E-state index is 12.5. The molecular weight excluding hydrogens is 375 g/mol. The summed E-state index contributed by atoms with van der Waals surface area (Å²) in [7, 11) is 3.11. The Balaban J connectivity index is 1.67. The van der Waals surface area contributed by atoms with Gasteiger partial charge in [0.05, 0.1) is 18.6 Å². The topological polar surface area (TPSA) is 78.9 Å². The molecule has 7 nitrogen and oxygen atoms in total. The number of methoxy groups -OCH3 is 1. The fourth-order valence-corrected chi connectivity index (χ4v) is 3.00. The van der Waals surface area contributed by atoms with Crippen molar-refractivity contribution >= 4 is 17.7 Å². The number of carbonyl (C=O) groups excluding carboxylic acids is 1. The molecule has 28 heavy (non-hydrogen) atoms. The number of aliphatic imine (C=N–C) groups is 1. The fraction of sp³-hybridized carbons (Fsp3) is 0.611. The van der Waals surface area contributed by atoms with Crippen molar-refractivity contribution in [2.75, 3.05) is 45.7 Å². The molecule has 2 N–H and O–H groups in total. The maximum atomic E-state index is 12.5. The number of carbonyl (C=O) groups is 1. The first-order valence-corrected chi connectivity index (χ1v) is 9.15. The van der Waals surface area contributed by atoms with Gasteiger partial charge < -0.3 is 20.3 Å². The minimum absolute atomic E-state index is 0.0557. The molecule has 1 saturated heterocycles. The van der Waals surface area contributed by atoms with Crippen LogP contribution in [-0.4, -0.2) is 62.1 Å². The molecule has 0 radical (unpaired) electrons. The quantitative estimate of drug-likeness (QED) is 0.330. The summed E-state index contributed by atoms with van der Waals surface area (Å²) in [5.41, 5.74) is -0.764. The summed E-state index contributed by atoms with van der Waals surface area (Å²) < 4.78 is 42.3. The number of ether oxygens (including phenoxy) is 1. The summed E-state index contributed by atoms with van der Waals surface area (Å²) in [4.78, 5) is 21.7. The Labute approximate surface area is 162 Å². The van der Waals surface area contributed by atoms with Crippen molar-refractivity contribution in [2.24, 2.45) is 10.9 Å². The van der Waals surface area contributed by atoms with Gasteiger partial charge >= 0.3 is 12.1 Å². The van der Waals surface area contributed by atoms with Gasteiger partial charge in [0.25, 0.3) is 0 Å². The van der Waals surface area contributed by atoms with Crippen LogP contribution in [0.2, 0.25) is 0 Å². The van der Waals surface area contributed by atoms with Gasteiger partial charge in [0.2, 0.25) is 0 Å². The molecule has 0 aliphatic carbocycles. The van der Waals surface area contributed by atoms with Crippen LogP contribution >= 0.6 is 0 Å². The number of hydrogen-bond acceptors (Lipinski definition) is 5. The zero-order chi connectivity index (χ0) is 20.6. The first kappa shape index (κ1) is 21.8. The highest BCUT2D eigenvalue weighted by Crippen LogP contribution is 2.28. The van der Waals surface area contributed by atoms with Crippen LogP contribution < -0.4 is 10.6 Å². The standard InChI is InChI=1S/C18H26F3N5O2/c1-22-17(26-10-6-13(7-11-26)16(27)28-2)24-9-3-8-23-15-5-4-14(12-25-15)18(19,20)21/h4-5,12-13H,3,6-11H2,1-2H3,(H,22,24)(H,23,25). The highest BCUT2D eigenvalue weighted by molar-refractivity contribution is 5.80. The fourth-order valence-electron chi connectivity index (χ4n) is 3.00. The Morgan fingerprint density at radius 1 is 1.32 bits per heavy atom. The van der Waals surface area contributed by atoms with Crippen LogP contribution in [-0.2, 0) is 15.7 Å². The molecular formula is C18H26F3N5O2. The molecule has 1 aromatic heterocycles. The molecule has 2 rings (SSSR count). The van der Waals surface area contributed by atoms with E-state index in [4.69, 9.17) is 4.74 Å². The number of piperidine rings is 1. The van der Waals surface area contributed by atoms with E-state index < -0.39 is 11.7 Å². The summed E-state index contributed by atoms with van der Waals surface area (Å²) in [5.74, 6) is 0.962. The summed E-state index contributed by atoms with van der Waals surface area (Å²) in [6.45, 7) is 2.67. The van der Waals surface area contributed by atoms with Gasteiger partial charge in [0.15, 0.2) is 5.96 Å². The van der Waals surface area contributed by atoms with E-state index in [-0.39, 0.29) is 11.9 Å². The minimum atomic E-state index is -4.38. The lowest BCUT2D eigenvalue weighted by atomic mass is 9.97. The van der Waals surface area contributed by atoms with Crippen molar-refractivity contribution in [1.29, 1.82) is 0 Å². The van der Waals surface area contributed by atoms with Gasteiger partial charge in [-0.15, -0.1) is 0 Å². The summed E-state index contributed by atoms with van der Waals surface area (Å²) >= 11 is 0. The third kappa shape index (κ3) is 6.28. The first-order chi connectivity index (χ1) is 13.3. The van der Waals surface area contributed by atoms with Gasteiger partial charge in [-0.3, -0.25) is 9.79 Å². The Hall–Kier alpha value is -2.52. The number of hydrogen-bond donors (Lipinski definition) is 2. The van der Waals surface area contributed by atoms with Crippen LogP contribution in [0.1, 0.15) is 24.8 Å². The van der Waals surface area contributed by atoms with E-state index in [0.29, 0.717) is 18.9 Å². The SMILES string of the molecule is CN=C(NCCCNc1ccc(C(F)(F)F)cn1)N1CCC(C(=O)OC)CC1. The predicted molar refractivity (Wildman–Crippen MR) is 100 cm³/mol. The van der Waals surface area contributed by atoms with Gasteiger partial charge in [0, 0.05) is 39.4 Å². The molecule has 0 saturated carbocycles. The van der Waals surface area contributed by atoms with Crippen LogP contribution in [0.4, 0.5) is 19.0 Å². The van der Waals surface area contributed by atoms with E-state index in [1.165, 1.54) is 13.2 Å². The molecule has 0 amide bonds. The first-order valence-electron chi connectivity index (χ1n) is 9.15. The average Bonchev–Trinajstić information content (AvgIpc) is 2.70. The van der Waals surface area contributed by atoms with Crippen LogP contribution in [0.3, 0.4) is 0 Å². The van der Waals surface area contributed by atoms with Gasteiger partial charge in [0.1, 0.15) is 5.82 Å². The van der Waals surface area contributed by atoms with Crippen molar-refractivity contribution in [2.45, 2.75) is 25.4 Å². The van der Waals surface area contributed by atoms with Crippen molar-refractivity contribution in [3.8, 4) is 0 Å². The number of guanidine groups is 1. The van der Waals surface area contributed by atoms with E-state index in [0.717, 1.165) is 50.6 Å². The zero-order valence-corrected chi connectivity index (χ0v) is 16.1. The van der Waals surface area contributed by atoms with E-state index in [1.807, 2.05) is 0 Å². The van der Waals surface area contributed by atoms with Gasteiger partial charge in [-0.25, -0.2) is 4.98 Å². The molecule has 1 aromatic rings. The maximum Gasteiger partial charge on any atom is 0.417 e. The summed E-state index contributed by atoms with van der Waals surface area (Å²) in [6.07, 6.45) is -1.36. The number of halogens is 3. The number of nitrogens with one attached hydrogen (secondary N) is 2. The highest BCUT2D eigenvalue weighted by atomic mass is 19.4. The normalized spacial score (nSPS) is 16.0. The minimum Gasteiger partial charge on any atom is -0.469 e. The number of nitrogens with zero attached hydrogens (tertiary/aromatic N) is 3. The van der Waals surface area contributed by atoms with E-state index in [2.05, 4.69) is 25.5 Å². The Bertz CT molecular complexity index is 656. The van der Waals surface area contributed by atoms with Crippen molar-refractivity contribution < 1.29 is 22.7 Å². The molecule has 0 atom stereocenters. The van der Waals surface area contributed by atoms with Crippen molar-refractivity contribution in [3.63, 3.8) is 0 Å². The molecule has 0 bridgehead atoms. The number of esters is 1. The predicted octanol–water partition coefficient (Wildman–Crippen LogP) is 2.36. The molecule has 1 fully saturated rings. The smallest absolute Gasteiger partial charge is 0.417 e. The molecule has 0 unspecified atom stereocenters. The van der Waals surface area contributed by atoms with E-state index in [9.17, 15) is 18.0 Å². The number of pyridine rings is 1. The van der Waals surface area contributed by atoms with Crippen molar-refractivity contribution in [1.82, 2.24) is 15.2 Å². The van der Waals surface area contributed by atoms with Gasteiger partial charge in [-0.1, -0.05) is 0 Å². The average molecular weight is 401 g/mol. The Morgan fingerprint density at radius 3 is 2.57 bits per heavy atom. The summed E-state index contributed by atoms with van der Waals surface area (Å²) in [6, 6.07) is 2.33. The van der Waals surface area contributed by atoms with Crippen LogP contribution in [0.25, 0.3) is 0 Å². The second-order valence-corrected chi connectivity index (χ2v) is 6.47. The van der Waals surface area contributed by atoms with E-state index in [1.54, 1.807) is 7.05 Å². The Kier molecular flexibility index (Phi) is 7.89. The van der Waals surface area contributed by atoms with Crippen LogP contribution in [0.5, 0.6) is 0 Å². The lowest BCUT2D eigenvalue weighted by molar-refractivity contribution is -0.146. The zero-order valence-electron chi connectivity index (χ0n) is 16.1. The second-order valence-electron chi connectivity index (χ2n) is 6.47. The van der Waals surface area contributed by atoms with Crippen molar-refractivity contribution in [3.05, 3.63) is 23.9 Å². The summed E-state index contributed by atoms with van der Waals surface area (Å²) in [5, 5.41) is 6.26. The number of alkyl halides is 3. The third-order valence-electron chi connectivity index (χ3n) is 4.57. The molecule has 10 heteroatoms. The lowest BCUT2D eigenvalue weighted by Gasteiger charge is -2.33. The van der Waals surface area contributed by atoms with Crippen LogP contribution in [0, 0.1) is 5.92 Å². The Morgan fingerprint density at radius 2 is 2.04 bits per heavy atom. The van der Waals surface area contributed by atoms with Crippen LogP contribution in [0.15, 0.2) is 23.3 Å². The molecule has 156 valence electrons. The highest BCUT2D eigenvalue weighted by Gasteiger charge is 2.30. The van der Waals surface area contributed by atoms with Gasteiger partial charge in [-0.05, 0) is 31.4 Å². The monoisotopic (exact) mass is 401 g/mol. The number of likely N-dealkylation sites (tertiary alicyclic amines) is 1. The largest absolute Gasteiger partial charge is 0.469 e. The third-order valence-corrected chi connectivity index (χ3v) is 4.57. The number of anilines is 1. The number of aromatic nitrogens is 1.